The molecule has 2 fully saturated rings. The van der Waals surface area contributed by atoms with Crippen LogP contribution in [-0.2, 0) is 20.6 Å². The zero-order valence-corrected chi connectivity index (χ0v) is 12.1. The number of nitrogens with one attached hydrogen (secondary N) is 1. The smallest absolute Gasteiger partial charge is 0.312 e. The summed E-state index contributed by atoms with van der Waals surface area (Å²) in [5.41, 5.74) is 0.330. The van der Waals surface area contributed by atoms with Crippen molar-refractivity contribution in [2.45, 2.75) is 25.4 Å². The summed E-state index contributed by atoms with van der Waals surface area (Å²) in [6.07, 6.45) is 2.53. The van der Waals surface area contributed by atoms with Crippen LogP contribution in [0.2, 0.25) is 0 Å². The molecule has 2 aliphatic rings. The van der Waals surface area contributed by atoms with Crippen molar-refractivity contribution < 1.29 is 0 Å². The topological polar surface area (TPSA) is 59.3 Å². The van der Waals surface area contributed by atoms with Crippen molar-refractivity contribution in [1.29, 1.82) is 0 Å². The van der Waals surface area contributed by atoms with Crippen LogP contribution < -0.4 is 16.6 Å². The number of fused-ring (bicyclic) bond motifs is 1. The molecule has 0 radical (unpaired) electrons. The molecular weight excluding hydrogens is 256 g/mol. The highest BCUT2D eigenvalue weighted by Crippen LogP contribution is 2.25. The molecule has 0 saturated carbocycles. The predicted molar refractivity (Wildman–Crippen MR) is 76.7 cm³/mol. The third-order valence-electron chi connectivity index (χ3n) is 4.69. The SMILES string of the molecule is Cn1c(CN2C[C@@H]3CCCN[C@@H]3C2)cc(=O)n(C)c1=O. The van der Waals surface area contributed by atoms with Crippen LogP contribution in [0, 0.1) is 5.92 Å². The van der Waals surface area contributed by atoms with E-state index in [0.29, 0.717) is 18.5 Å². The fraction of sp³-hybridized carbons (Fsp3) is 0.714. The van der Waals surface area contributed by atoms with Gasteiger partial charge < -0.3 is 5.32 Å². The third kappa shape index (κ3) is 2.33. The van der Waals surface area contributed by atoms with E-state index in [1.807, 2.05) is 0 Å². The molecule has 3 rings (SSSR count). The van der Waals surface area contributed by atoms with E-state index in [4.69, 9.17) is 0 Å². The lowest BCUT2D eigenvalue weighted by Crippen LogP contribution is -2.41. The van der Waals surface area contributed by atoms with Crippen LogP contribution in [0.4, 0.5) is 0 Å². The molecule has 0 aromatic carbocycles. The normalized spacial score (nSPS) is 26.7. The van der Waals surface area contributed by atoms with Crippen molar-refractivity contribution in [2.24, 2.45) is 20.0 Å². The van der Waals surface area contributed by atoms with Gasteiger partial charge in [0, 0.05) is 51.5 Å². The zero-order chi connectivity index (χ0) is 14.3. The number of hydrogen-bond acceptors (Lipinski definition) is 4. The Hall–Kier alpha value is -1.40. The van der Waals surface area contributed by atoms with Gasteiger partial charge in [0.2, 0.25) is 0 Å². The molecule has 20 heavy (non-hydrogen) atoms. The molecule has 2 saturated heterocycles. The molecule has 1 aromatic heterocycles. The molecule has 6 nitrogen and oxygen atoms in total. The molecule has 6 heteroatoms. The van der Waals surface area contributed by atoms with Gasteiger partial charge in [-0.2, -0.15) is 0 Å². The van der Waals surface area contributed by atoms with Gasteiger partial charge in [0.15, 0.2) is 0 Å². The van der Waals surface area contributed by atoms with E-state index in [1.165, 1.54) is 19.9 Å². The molecule has 0 aliphatic carbocycles. The number of hydrogen-bond donors (Lipinski definition) is 1. The van der Waals surface area contributed by atoms with Crippen molar-refractivity contribution in [3.63, 3.8) is 0 Å². The van der Waals surface area contributed by atoms with Crippen molar-refractivity contribution in [3.8, 4) is 0 Å². The number of likely N-dealkylation sites (tertiary alicyclic amines) is 1. The van der Waals surface area contributed by atoms with E-state index in [0.717, 1.165) is 29.9 Å². The summed E-state index contributed by atoms with van der Waals surface area (Å²) >= 11 is 0. The second-order valence-electron chi connectivity index (χ2n) is 6.03. The second-order valence-corrected chi connectivity index (χ2v) is 6.03. The molecule has 110 valence electrons. The molecule has 2 atom stereocenters. The van der Waals surface area contributed by atoms with Gasteiger partial charge >= 0.3 is 5.69 Å². The van der Waals surface area contributed by atoms with Crippen molar-refractivity contribution in [1.82, 2.24) is 19.4 Å². The lowest BCUT2D eigenvalue weighted by atomic mass is 9.94. The maximum Gasteiger partial charge on any atom is 0.330 e. The van der Waals surface area contributed by atoms with Crippen molar-refractivity contribution in [3.05, 3.63) is 32.6 Å². The van der Waals surface area contributed by atoms with Gasteiger partial charge in [-0.1, -0.05) is 0 Å². The first-order chi connectivity index (χ1) is 9.56. The van der Waals surface area contributed by atoms with E-state index in [-0.39, 0.29) is 11.2 Å². The Labute approximate surface area is 118 Å². The third-order valence-corrected chi connectivity index (χ3v) is 4.69. The van der Waals surface area contributed by atoms with Gasteiger partial charge in [-0.05, 0) is 25.3 Å². The maximum atomic E-state index is 11.9. The number of piperidine rings is 1. The molecule has 0 bridgehead atoms. The summed E-state index contributed by atoms with van der Waals surface area (Å²) in [5, 5.41) is 3.57. The monoisotopic (exact) mass is 278 g/mol. The molecule has 1 N–H and O–H groups in total. The zero-order valence-electron chi connectivity index (χ0n) is 12.1. The number of rotatable bonds is 2. The van der Waals surface area contributed by atoms with Gasteiger partial charge in [-0.15, -0.1) is 0 Å². The van der Waals surface area contributed by atoms with Gasteiger partial charge in [0.1, 0.15) is 0 Å². The fourth-order valence-corrected chi connectivity index (χ4v) is 3.42. The Bertz CT molecular complexity index is 605. The van der Waals surface area contributed by atoms with Crippen LogP contribution in [0.25, 0.3) is 0 Å². The highest BCUT2D eigenvalue weighted by atomic mass is 16.2. The van der Waals surface area contributed by atoms with E-state index < -0.39 is 0 Å². The van der Waals surface area contributed by atoms with Crippen LogP contribution in [0.3, 0.4) is 0 Å². The first-order valence-electron chi connectivity index (χ1n) is 7.28. The van der Waals surface area contributed by atoms with Gasteiger partial charge in [0.25, 0.3) is 5.56 Å². The predicted octanol–water partition coefficient (Wildman–Crippen LogP) is -0.732. The summed E-state index contributed by atoms with van der Waals surface area (Å²) < 4.78 is 2.73. The number of nitrogens with zero attached hydrogens (tertiary/aromatic N) is 3. The minimum Gasteiger partial charge on any atom is -0.312 e. The molecule has 3 heterocycles. The van der Waals surface area contributed by atoms with E-state index >= 15 is 0 Å². The van der Waals surface area contributed by atoms with Gasteiger partial charge in [-0.25, -0.2) is 4.79 Å². The summed E-state index contributed by atoms with van der Waals surface area (Å²) in [6, 6.07) is 2.16. The van der Waals surface area contributed by atoms with E-state index in [1.54, 1.807) is 17.7 Å². The Morgan fingerprint density at radius 2 is 2.05 bits per heavy atom. The number of aromatic nitrogens is 2. The van der Waals surface area contributed by atoms with Gasteiger partial charge in [-0.3, -0.25) is 18.8 Å². The molecular formula is C14H22N4O2. The Kier molecular flexibility index (Phi) is 3.52. The second kappa shape index (κ2) is 5.18. The highest BCUT2D eigenvalue weighted by molar-refractivity contribution is 5.04. The van der Waals surface area contributed by atoms with Crippen LogP contribution in [-0.4, -0.2) is 39.7 Å². The van der Waals surface area contributed by atoms with Crippen LogP contribution in [0.15, 0.2) is 15.7 Å². The maximum absolute atomic E-state index is 11.9. The Morgan fingerprint density at radius 1 is 1.25 bits per heavy atom. The lowest BCUT2D eigenvalue weighted by Gasteiger charge is -2.24. The van der Waals surface area contributed by atoms with E-state index in [9.17, 15) is 9.59 Å². The minimum atomic E-state index is -0.248. The molecule has 2 aliphatic heterocycles. The average molecular weight is 278 g/mol. The first-order valence-corrected chi connectivity index (χ1v) is 7.28. The quantitative estimate of drug-likeness (QED) is 0.775. The highest BCUT2D eigenvalue weighted by Gasteiger charge is 2.34. The van der Waals surface area contributed by atoms with Crippen LogP contribution >= 0.6 is 0 Å². The Morgan fingerprint density at radius 3 is 2.80 bits per heavy atom. The summed E-state index contributed by atoms with van der Waals surface area (Å²) in [5.74, 6) is 0.715. The van der Waals surface area contributed by atoms with Crippen LogP contribution in [0.1, 0.15) is 18.5 Å². The average Bonchev–Trinajstić information content (AvgIpc) is 2.84. The molecule has 1 aromatic rings. The molecule has 0 spiro atoms. The summed E-state index contributed by atoms with van der Waals surface area (Å²) in [6.45, 7) is 3.85. The lowest BCUT2D eigenvalue weighted by molar-refractivity contribution is 0.303. The van der Waals surface area contributed by atoms with Crippen molar-refractivity contribution >= 4 is 0 Å². The Balaban J connectivity index is 1.79. The van der Waals surface area contributed by atoms with E-state index in [2.05, 4.69) is 10.2 Å². The fourth-order valence-electron chi connectivity index (χ4n) is 3.42. The van der Waals surface area contributed by atoms with Gasteiger partial charge in [0.05, 0.1) is 0 Å². The first kappa shape index (κ1) is 13.6. The summed E-state index contributed by atoms with van der Waals surface area (Å²) in [7, 11) is 3.25. The minimum absolute atomic E-state index is 0.224. The largest absolute Gasteiger partial charge is 0.330 e. The van der Waals surface area contributed by atoms with Crippen LogP contribution in [0.5, 0.6) is 0 Å². The standard InChI is InChI=1S/C14H22N4O2/c1-16-11(6-13(19)17(2)14(16)20)8-18-7-10-4-3-5-15-12(10)9-18/h6,10,12,15H,3-5,7-9H2,1-2H3/t10-,12+/m0/s1. The summed E-state index contributed by atoms with van der Waals surface area (Å²) in [4.78, 5) is 26.0. The molecule has 0 unspecified atom stereocenters. The molecule has 0 amide bonds. The van der Waals surface area contributed by atoms with Crippen molar-refractivity contribution in [2.75, 3.05) is 19.6 Å².